The quantitative estimate of drug-likeness (QED) is 0.303. The summed E-state index contributed by atoms with van der Waals surface area (Å²) in [6.45, 7) is 4.49. The number of amides is 3. The summed E-state index contributed by atoms with van der Waals surface area (Å²) in [7, 11) is 1.55. The Morgan fingerprint density at radius 2 is 1.88 bits per heavy atom. The molecule has 2 rings (SSSR count). The van der Waals surface area contributed by atoms with Gasteiger partial charge >= 0.3 is 6.09 Å². The Bertz CT molecular complexity index is 817. The monoisotopic (exact) mass is 451 g/mol. The summed E-state index contributed by atoms with van der Waals surface area (Å²) in [5.41, 5.74) is 0.964. The van der Waals surface area contributed by atoms with E-state index in [1.807, 2.05) is 0 Å². The van der Waals surface area contributed by atoms with Gasteiger partial charge in [0, 0.05) is 19.7 Å². The molecular formula is C20H29N5O7. The first-order valence-corrected chi connectivity index (χ1v) is 10.2. The zero-order chi connectivity index (χ0) is 23.5. The van der Waals surface area contributed by atoms with Crippen molar-refractivity contribution in [1.82, 2.24) is 25.9 Å². The number of hydrogen-bond acceptors (Lipinski definition) is 9. The van der Waals surface area contributed by atoms with Crippen LogP contribution in [0.2, 0.25) is 0 Å². The van der Waals surface area contributed by atoms with Gasteiger partial charge in [0.2, 0.25) is 11.7 Å². The molecule has 1 aliphatic rings. The Morgan fingerprint density at radius 3 is 2.59 bits per heavy atom. The van der Waals surface area contributed by atoms with Gasteiger partial charge in [0.05, 0.1) is 44.0 Å². The minimum Gasteiger partial charge on any atom is -0.447 e. The van der Waals surface area contributed by atoms with Crippen molar-refractivity contribution in [1.29, 1.82) is 0 Å². The van der Waals surface area contributed by atoms with E-state index in [9.17, 15) is 19.2 Å². The van der Waals surface area contributed by atoms with Crippen molar-refractivity contribution in [3.05, 3.63) is 23.8 Å². The maximum absolute atomic E-state index is 12.9. The lowest BCUT2D eigenvalue weighted by Crippen LogP contribution is -2.56. The minimum absolute atomic E-state index is 0.00171. The molecular weight excluding hydrogens is 422 g/mol. The van der Waals surface area contributed by atoms with E-state index in [1.54, 1.807) is 21.0 Å². The Hall–Kier alpha value is -3.12. The lowest BCUT2D eigenvalue weighted by Gasteiger charge is -2.24. The zero-order valence-electron chi connectivity index (χ0n) is 18.4. The van der Waals surface area contributed by atoms with Gasteiger partial charge < -0.3 is 30.2 Å². The second kappa shape index (κ2) is 12.7. The second-order valence-corrected chi connectivity index (χ2v) is 7.42. The van der Waals surface area contributed by atoms with Crippen LogP contribution in [0, 0.1) is 5.92 Å². The number of Topliss-reactive ketones (excluding diaryl/α,β-unsaturated/α-hetero) is 1. The molecule has 0 fully saturated rings. The smallest absolute Gasteiger partial charge is 0.407 e. The SMILES string of the molecule is COCCOCCOC(=O)NC(C(=O)NC1Cc2cncc(n2)CNC(=O)C1=O)C(C)C. The van der Waals surface area contributed by atoms with E-state index in [0.29, 0.717) is 24.6 Å². The number of carbonyl (C=O) groups is 4. The average molecular weight is 451 g/mol. The van der Waals surface area contributed by atoms with E-state index in [2.05, 4.69) is 25.9 Å². The van der Waals surface area contributed by atoms with Crippen molar-refractivity contribution in [3.63, 3.8) is 0 Å². The standard InChI is InChI=1S/C20H29N5O7/c1-12(2)16(25-20(29)32-7-6-31-5-4-30-3)18(27)24-15-8-13-9-21-10-14(23-13)11-22-19(28)17(15)26/h9-10,12,15-16H,4-8,11H2,1-3H3,(H,22,28)(H,24,27)(H,25,29). The van der Waals surface area contributed by atoms with Gasteiger partial charge in [-0.05, 0) is 5.92 Å². The summed E-state index contributed by atoms with van der Waals surface area (Å²) in [4.78, 5) is 58.0. The van der Waals surface area contributed by atoms with E-state index in [4.69, 9.17) is 14.2 Å². The number of nitrogens with zero attached hydrogens (tertiary/aromatic N) is 2. The van der Waals surface area contributed by atoms with Crippen LogP contribution in [0.4, 0.5) is 4.79 Å². The first kappa shape index (κ1) is 25.1. The minimum atomic E-state index is -1.15. The van der Waals surface area contributed by atoms with Crippen molar-refractivity contribution >= 4 is 23.7 Å². The molecule has 3 N–H and O–H groups in total. The maximum Gasteiger partial charge on any atom is 0.407 e. The highest BCUT2D eigenvalue weighted by Gasteiger charge is 2.32. The van der Waals surface area contributed by atoms with Crippen LogP contribution in [0.1, 0.15) is 25.2 Å². The third-order valence-electron chi connectivity index (χ3n) is 4.55. The number of fused-ring (bicyclic) bond motifs is 2. The van der Waals surface area contributed by atoms with Crippen molar-refractivity contribution in [2.45, 2.75) is 38.9 Å². The fourth-order valence-corrected chi connectivity index (χ4v) is 2.87. The normalized spacial score (nSPS) is 16.9. The highest BCUT2D eigenvalue weighted by Crippen LogP contribution is 2.08. The Labute approximate surface area is 185 Å². The number of rotatable bonds is 10. The average Bonchev–Trinajstić information content (AvgIpc) is 2.79. The molecule has 176 valence electrons. The lowest BCUT2D eigenvalue weighted by atomic mass is 10.0. The summed E-state index contributed by atoms with van der Waals surface area (Å²) in [6.07, 6.45) is 2.15. The number of carbonyl (C=O) groups excluding carboxylic acids is 4. The van der Waals surface area contributed by atoms with Gasteiger partial charge in [0.15, 0.2) is 0 Å². The molecule has 1 aliphatic heterocycles. The predicted octanol–water partition coefficient (Wildman–Crippen LogP) is -0.883. The van der Waals surface area contributed by atoms with Gasteiger partial charge in [0.1, 0.15) is 18.7 Å². The number of aromatic nitrogens is 2. The summed E-state index contributed by atoms with van der Waals surface area (Å²) >= 11 is 0. The number of hydrogen-bond donors (Lipinski definition) is 3. The predicted molar refractivity (Wildman–Crippen MR) is 110 cm³/mol. The molecule has 0 radical (unpaired) electrons. The largest absolute Gasteiger partial charge is 0.447 e. The molecule has 0 aliphatic carbocycles. The van der Waals surface area contributed by atoms with Crippen LogP contribution in [-0.2, 0) is 41.6 Å². The van der Waals surface area contributed by atoms with E-state index in [1.165, 1.54) is 12.4 Å². The molecule has 0 aromatic carbocycles. The van der Waals surface area contributed by atoms with Crippen LogP contribution < -0.4 is 16.0 Å². The van der Waals surface area contributed by atoms with Crippen LogP contribution in [0.5, 0.6) is 0 Å². The Morgan fingerprint density at radius 1 is 1.16 bits per heavy atom. The van der Waals surface area contributed by atoms with Gasteiger partial charge in [0.25, 0.3) is 5.91 Å². The van der Waals surface area contributed by atoms with E-state index in [0.717, 1.165) is 0 Å². The molecule has 3 amide bonds. The summed E-state index contributed by atoms with van der Waals surface area (Å²) < 4.78 is 15.1. The van der Waals surface area contributed by atoms with Crippen molar-refractivity contribution in [2.24, 2.45) is 5.92 Å². The van der Waals surface area contributed by atoms with Crippen LogP contribution in [0.15, 0.2) is 12.4 Å². The molecule has 32 heavy (non-hydrogen) atoms. The Kier molecular flexibility index (Phi) is 9.95. The molecule has 1 aromatic heterocycles. The molecule has 0 saturated carbocycles. The number of ketones is 1. The highest BCUT2D eigenvalue weighted by molar-refractivity contribution is 6.38. The lowest BCUT2D eigenvalue weighted by molar-refractivity contribution is -0.140. The molecule has 0 saturated heterocycles. The van der Waals surface area contributed by atoms with Crippen molar-refractivity contribution < 1.29 is 33.4 Å². The third-order valence-corrected chi connectivity index (χ3v) is 4.55. The number of alkyl carbamates (subject to hydrolysis) is 1. The summed E-state index contributed by atoms with van der Waals surface area (Å²) in [6, 6.07) is -2.14. The van der Waals surface area contributed by atoms with E-state index < -0.39 is 35.8 Å². The third kappa shape index (κ3) is 7.85. The van der Waals surface area contributed by atoms with Crippen molar-refractivity contribution in [3.8, 4) is 0 Å². The molecule has 2 unspecified atom stereocenters. The van der Waals surface area contributed by atoms with E-state index >= 15 is 0 Å². The number of ether oxygens (including phenoxy) is 3. The molecule has 0 spiro atoms. The second-order valence-electron chi connectivity index (χ2n) is 7.42. The first-order chi connectivity index (χ1) is 15.3. The molecule has 2 heterocycles. The first-order valence-electron chi connectivity index (χ1n) is 10.2. The maximum atomic E-state index is 12.9. The fraction of sp³-hybridized carbons (Fsp3) is 0.600. The van der Waals surface area contributed by atoms with Crippen LogP contribution in [-0.4, -0.2) is 79.3 Å². The Balaban J connectivity index is 1.97. The number of nitrogens with one attached hydrogen (secondary N) is 3. The molecule has 2 bridgehead atoms. The van der Waals surface area contributed by atoms with Crippen LogP contribution >= 0.6 is 0 Å². The van der Waals surface area contributed by atoms with Gasteiger partial charge in [-0.2, -0.15) is 0 Å². The number of methoxy groups -OCH3 is 1. The van der Waals surface area contributed by atoms with E-state index in [-0.39, 0.29) is 32.1 Å². The van der Waals surface area contributed by atoms with Crippen LogP contribution in [0.3, 0.4) is 0 Å². The molecule has 1 aromatic rings. The zero-order valence-corrected chi connectivity index (χ0v) is 18.4. The molecule has 12 heteroatoms. The summed E-state index contributed by atoms with van der Waals surface area (Å²) in [5, 5.41) is 7.50. The van der Waals surface area contributed by atoms with Gasteiger partial charge in [-0.1, -0.05) is 13.8 Å². The fourth-order valence-electron chi connectivity index (χ4n) is 2.87. The van der Waals surface area contributed by atoms with Crippen molar-refractivity contribution in [2.75, 3.05) is 33.5 Å². The van der Waals surface area contributed by atoms with Gasteiger partial charge in [-0.3, -0.25) is 24.4 Å². The topological polar surface area (TPSA) is 158 Å². The summed E-state index contributed by atoms with van der Waals surface area (Å²) in [5.74, 6) is -2.57. The van der Waals surface area contributed by atoms with Crippen LogP contribution in [0.25, 0.3) is 0 Å². The molecule has 12 nitrogen and oxygen atoms in total. The highest BCUT2D eigenvalue weighted by atomic mass is 16.6. The van der Waals surface area contributed by atoms with Gasteiger partial charge in [-0.15, -0.1) is 0 Å². The van der Waals surface area contributed by atoms with Gasteiger partial charge in [-0.25, -0.2) is 4.79 Å². The molecule has 2 atom stereocenters.